The molecule has 0 saturated heterocycles. The second-order valence-corrected chi connectivity index (χ2v) is 10.4. The Morgan fingerprint density at radius 3 is 2.32 bits per heavy atom. The molecule has 3 aromatic rings. The first-order valence-electron chi connectivity index (χ1n) is 11.4. The largest absolute Gasteiger partial charge is 0.419 e. The maximum absolute atomic E-state index is 14.1. The summed E-state index contributed by atoms with van der Waals surface area (Å²) in [5.41, 5.74) is -1.79. The van der Waals surface area contributed by atoms with E-state index in [1.165, 1.54) is 20.0 Å². The van der Waals surface area contributed by atoms with Gasteiger partial charge in [-0.2, -0.15) is 13.2 Å². The van der Waals surface area contributed by atoms with Gasteiger partial charge in [-0.3, -0.25) is 4.79 Å². The summed E-state index contributed by atoms with van der Waals surface area (Å²) in [5, 5.41) is 0. The van der Waals surface area contributed by atoms with Crippen LogP contribution in [0.1, 0.15) is 50.6 Å². The van der Waals surface area contributed by atoms with Gasteiger partial charge in [0.05, 0.1) is 29.5 Å². The molecule has 13 heteroatoms. The van der Waals surface area contributed by atoms with E-state index in [0.717, 1.165) is 21.6 Å². The highest BCUT2D eigenvalue weighted by Gasteiger charge is 2.34. The van der Waals surface area contributed by atoms with E-state index >= 15 is 0 Å². The van der Waals surface area contributed by atoms with Gasteiger partial charge in [-0.15, -0.1) is 0 Å². The zero-order valence-corrected chi connectivity index (χ0v) is 21.4. The molecule has 1 atom stereocenters. The second-order valence-electron chi connectivity index (χ2n) is 7.89. The average molecular weight is 552 g/mol. The minimum absolute atomic E-state index is 0.104. The molecule has 0 saturated carbocycles. The normalized spacial score (nSPS) is 12.7. The van der Waals surface area contributed by atoms with Gasteiger partial charge < -0.3 is 9.30 Å². The van der Waals surface area contributed by atoms with E-state index in [2.05, 4.69) is 4.98 Å². The topological polar surface area (TPSA) is 71.8 Å². The zero-order chi connectivity index (χ0) is 28.1. The monoisotopic (exact) mass is 551 g/mol. The fraction of sp³-hybridized carbons (Fsp3) is 0.417. The fourth-order valence-corrected chi connectivity index (χ4v) is 4.26. The Morgan fingerprint density at radius 1 is 1.08 bits per heavy atom. The molecule has 1 aromatic carbocycles. The summed E-state index contributed by atoms with van der Waals surface area (Å²) in [7, 11) is -3.53. The van der Waals surface area contributed by atoms with Crippen LogP contribution in [0.4, 0.5) is 26.3 Å². The number of alkyl halides is 3. The van der Waals surface area contributed by atoms with Crippen LogP contribution in [0.5, 0.6) is 0 Å². The van der Waals surface area contributed by atoms with Crippen LogP contribution in [-0.2, 0) is 27.2 Å². The lowest BCUT2D eigenvalue weighted by atomic mass is 10.1. The number of amides is 1. The number of rotatable bonds is 8. The minimum Gasteiger partial charge on any atom is -0.333 e. The van der Waals surface area contributed by atoms with E-state index in [-0.39, 0.29) is 29.2 Å². The molecule has 0 N–H and O–H groups in total. The predicted octanol–water partition coefficient (Wildman–Crippen LogP) is 5.36. The van der Waals surface area contributed by atoms with Crippen molar-refractivity contribution in [1.29, 1.82) is 0 Å². The van der Waals surface area contributed by atoms with E-state index in [1.807, 2.05) is 13.8 Å². The number of halogens is 6. The lowest BCUT2D eigenvalue weighted by molar-refractivity contribution is -0.140. The molecular formula is C24H27F6N3O3S. The number of fused-ring (bicyclic) bond motifs is 1. The predicted molar refractivity (Wildman–Crippen MR) is 126 cm³/mol. The van der Waals surface area contributed by atoms with Crippen molar-refractivity contribution in [3.8, 4) is 0 Å². The van der Waals surface area contributed by atoms with Crippen LogP contribution in [0, 0.1) is 17.5 Å². The van der Waals surface area contributed by atoms with Crippen molar-refractivity contribution in [3.05, 3.63) is 70.9 Å². The molecule has 2 aromatic heterocycles. The molecule has 1 unspecified atom stereocenters. The molecule has 0 spiro atoms. The molecule has 0 radical (unpaired) electrons. The third kappa shape index (κ3) is 7.46. The van der Waals surface area contributed by atoms with Crippen LogP contribution in [-0.4, -0.2) is 46.7 Å². The third-order valence-electron chi connectivity index (χ3n) is 5.48. The van der Waals surface area contributed by atoms with Crippen LogP contribution in [0.2, 0.25) is 0 Å². The first kappa shape index (κ1) is 30.1. The van der Waals surface area contributed by atoms with Gasteiger partial charge in [-0.25, -0.2) is 26.6 Å². The molecule has 0 fully saturated rings. The summed E-state index contributed by atoms with van der Waals surface area (Å²) < 4.78 is 106. The minimum atomic E-state index is -4.97. The first-order valence-corrected chi connectivity index (χ1v) is 13.2. The first-order chi connectivity index (χ1) is 17.2. The van der Waals surface area contributed by atoms with Gasteiger partial charge in [-0.1, -0.05) is 26.8 Å². The standard InChI is InChI=1S/C22H21F6N3O3S.C2H6/c1-3-35(33,34)7-6-31(13(2)19-12-30-11-15(23)10-18(25)21(30)29-19)20(32)9-14-4-5-17(24)16(8-14)22(26,27)28;1-2/h4-5,8,10-13H,3,6-7,9H2,1-2H3;1-2H3. The Bertz CT molecular complexity index is 1360. The highest BCUT2D eigenvalue weighted by atomic mass is 32.2. The van der Waals surface area contributed by atoms with Crippen LogP contribution in [0.3, 0.4) is 0 Å². The van der Waals surface area contributed by atoms with E-state index in [4.69, 9.17) is 0 Å². The number of hydrogen-bond acceptors (Lipinski definition) is 4. The van der Waals surface area contributed by atoms with Gasteiger partial charge in [0, 0.05) is 30.8 Å². The number of imidazole rings is 1. The summed E-state index contributed by atoms with van der Waals surface area (Å²) in [4.78, 5) is 18.3. The number of sulfone groups is 1. The number of carbonyl (C=O) groups excluding carboxylic acids is 1. The second kappa shape index (κ2) is 12.0. The van der Waals surface area contributed by atoms with Crippen molar-refractivity contribution in [1.82, 2.24) is 14.3 Å². The number of aromatic nitrogens is 2. The fourth-order valence-electron chi connectivity index (χ4n) is 3.50. The Hall–Kier alpha value is -3.09. The average Bonchev–Trinajstić information content (AvgIpc) is 3.25. The van der Waals surface area contributed by atoms with Gasteiger partial charge in [-0.05, 0) is 24.6 Å². The zero-order valence-electron chi connectivity index (χ0n) is 20.6. The lowest BCUT2D eigenvalue weighted by Crippen LogP contribution is -2.38. The van der Waals surface area contributed by atoms with Crippen LogP contribution >= 0.6 is 0 Å². The molecule has 0 bridgehead atoms. The molecular weight excluding hydrogens is 524 g/mol. The SMILES string of the molecule is CC.CCS(=O)(=O)CCN(C(=O)Cc1ccc(F)c(C(F)(F)F)c1)C(C)c1cn2cc(F)cc(F)c2n1. The maximum Gasteiger partial charge on any atom is 0.419 e. The molecule has 0 aliphatic carbocycles. The van der Waals surface area contributed by atoms with Gasteiger partial charge in [0.15, 0.2) is 21.3 Å². The smallest absolute Gasteiger partial charge is 0.333 e. The Kier molecular flexibility index (Phi) is 9.75. The van der Waals surface area contributed by atoms with E-state index in [1.54, 1.807) is 0 Å². The van der Waals surface area contributed by atoms with Gasteiger partial charge >= 0.3 is 6.18 Å². The number of hydrogen-bond donors (Lipinski definition) is 0. The lowest BCUT2D eigenvalue weighted by Gasteiger charge is -2.28. The molecule has 0 aliphatic rings. The molecule has 6 nitrogen and oxygen atoms in total. The van der Waals surface area contributed by atoms with E-state index in [9.17, 15) is 39.6 Å². The van der Waals surface area contributed by atoms with E-state index < -0.39 is 63.2 Å². The van der Waals surface area contributed by atoms with Crippen LogP contribution in [0.25, 0.3) is 5.65 Å². The summed E-state index contributed by atoms with van der Waals surface area (Å²) in [6, 6.07) is 1.82. The van der Waals surface area contributed by atoms with Gasteiger partial charge in [0.1, 0.15) is 11.6 Å². The van der Waals surface area contributed by atoms with Crippen molar-refractivity contribution in [2.75, 3.05) is 18.1 Å². The molecule has 2 heterocycles. The molecule has 3 rings (SSSR count). The summed E-state index contributed by atoms with van der Waals surface area (Å²) in [6.45, 7) is 6.56. The number of carbonyl (C=O) groups is 1. The highest BCUT2D eigenvalue weighted by Crippen LogP contribution is 2.32. The van der Waals surface area contributed by atoms with Crippen LogP contribution < -0.4 is 0 Å². The van der Waals surface area contributed by atoms with Crippen molar-refractivity contribution in [2.24, 2.45) is 0 Å². The maximum atomic E-state index is 14.1. The molecule has 1 amide bonds. The molecule has 37 heavy (non-hydrogen) atoms. The Balaban J connectivity index is 0.00000235. The Morgan fingerprint density at radius 2 is 1.73 bits per heavy atom. The van der Waals surface area contributed by atoms with Crippen LogP contribution in [0.15, 0.2) is 36.7 Å². The van der Waals surface area contributed by atoms with Crippen molar-refractivity contribution in [3.63, 3.8) is 0 Å². The van der Waals surface area contributed by atoms with Crippen molar-refractivity contribution in [2.45, 2.75) is 46.3 Å². The number of nitrogens with zero attached hydrogens (tertiary/aromatic N) is 3. The summed E-state index contributed by atoms with van der Waals surface area (Å²) in [6.07, 6.45) is -3.33. The molecule has 204 valence electrons. The third-order valence-corrected chi connectivity index (χ3v) is 7.17. The number of benzene rings is 1. The quantitative estimate of drug-likeness (QED) is 0.354. The summed E-state index contributed by atoms with van der Waals surface area (Å²) in [5.74, 6) is -4.71. The van der Waals surface area contributed by atoms with Gasteiger partial charge in [0.25, 0.3) is 0 Å². The summed E-state index contributed by atoms with van der Waals surface area (Å²) >= 11 is 0. The number of pyridine rings is 1. The van der Waals surface area contributed by atoms with E-state index in [0.29, 0.717) is 18.2 Å². The van der Waals surface area contributed by atoms with Crippen molar-refractivity contribution < 1.29 is 39.6 Å². The Labute approximate surface area is 210 Å². The highest BCUT2D eigenvalue weighted by molar-refractivity contribution is 7.91. The van der Waals surface area contributed by atoms with Gasteiger partial charge in [0.2, 0.25) is 5.91 Å². The van der Waals surface area contributed by atoms with Crippen molar-refractivity contribution >= 4 is 21.4 Å². The molecule has 0 aliphatic heterocycles.